The number of thiophene rings is 1. The van der Waals surface area contributed by atoms with Crippen LogP contribution in [0.25, 0.3) is 0 Å². The second-order valence-electron chi connectivity index (χ2n) is 4.07. The molecule has 1 heterocycles. The van der Waals surface area contributed by atoms with Gasteiger partial charge in [0.15, 0.2) is 0 Å². The van der Waals surface area contributed by atoms with Crippen LogP contribution in [0.3, 0.4) is 0 Å². The monoisotopic (exact) mass is 268 g/mol. The molecule has 1 unspecified atom stereocenters. The van der Waals surface area contributed by atoms with E-state index in [1.54, 1.807) is 18.4 Å². The molecule has 0 saturated heterocycles. The summed E-state index contributed by atoms with van der Waals surface area (Å²) in [5.41, 5.74) is 6.39. The van der Waals surface area contributed by atoms with E-state index in [4.69, 9.17) is 10.5 Å². The summed E-state index contributed by atoms with van der Waals surface area (Å²) >= 11 is 1.67. The predicted octanol–water partition coefficient (Wildman–Crippen LogP) is 0.497. The quantitative estimate of drug-likeness (QED) is 0.738. The molecule has 3 N–H and O–H groups in total. The zero-order valence-corrected chi connectivity index (χ0v) is 11.7. The Morgan fingerprint density at radius 1 is 1.61 bits per heavy atom. The van der Waals surface area contributed by atoms with Crippen molar-refractivity contribution in [3.8, 4) is 11.8 Å². The third kappa shape index (κ3) is 5.17. The lowest BCUT2D eigenvalue weighted by molar-refractivity contribution is 0.0420. The number of hydrogen-bond donors (Lipinski definition) is 2. The van der Waals surface area contributed by atoms with Gasteiger partial charge in [0.25, 0.3) is 0 Å². The number of aliphatic hydroxyl groups excluding tert-OH is 1. The predicted molar refractivity (Wildman–Crippen MR) is 74.5 cm³/mol. The Bertz CT molecular complexity index is 409. The molecule has 0 amide bonds. The molecule has 0 aromatic carbocycles. The molecule has 0 aliphatic carbocycles. The molecule has 1 aromatic heterocycles. The van der Waals surface area contributed by atoms with E-state index in [0.717, 1.165) is 12.1 Å². The first-order valence-corrected chi connectivity index (χ1v) is 6.66. The number of ether oxygens (including phenoxy) is 1. The topological polar surface area (TPSA) is 58.7 Å². The van der Waals surface area contributed by atoms with Crippen LogP contribution in [0.5, 0.6) is 0 Å². The molecule has 18 heavy (non-hydrogen) atoms. The van der Waals surface area contributed by atoms with E-state index in [9.17, 15) is 5.11 Å². The first-order valence-electron chi connectivity index (χ1n) is 5.78. The molecule has 5 heteroatoms. The van der Waals surface area contributed by atoms with E-state index in [1.807, 2.05) is 18.5 Å². The maximum atomic E-state index is 9.65. The summed E-state index contributed by atoms with van der Waals surface area (Å²) in [4.78, 5) is 3.26. The minimum absolute atomic E-state index is 0.356. The van der Waals surface area contributed by atoms with Gasteiger partial charge in [-0.3, -0.25) is 4.90 Å². The van der Waals surface area contributed by atoms with Crippen molar-refractivity contribution in [2.75, 3.05) is 33.9 Å². The Balaban J connectivity index is 2.53. The fourth-order valence-electron chi connectivity index (χ4n) is 1.64. The standard InChI is InChI=1S/C13H20N2O2S/c1-15(8-12(16)10-17-2)9-13-11(4-3-6-14)5-7-18-13/h5,7,12,16H,6,8-10,14H2,1-2H3. The maximum absolute atomic E-state index is 9.65. The van der Waals surface area contributed by atoms with Gasteiger partial charge in [0, 0.05) is 30.6 Å². The third-order valence-electron chi connectivity index (χ3n) is 2.37. The van der Waals surface area contributed by atoms with Gasteiger partial charge in [0.1, 0.15) is 0 Å². The first kappa shape index (κ1) is 15.2. The SMILES string of the molecule is COCC(O)CN(C)Cc1sccc1C#CCN. The van der Waals surface area contributed by atoms with Crippen molar-refractivity contribution >= 4 is 11.3 Å². The third-order valence-corrected chi connectivity index (χ3v) is 3.27. The fourth-order valence-corrected chi connectivity index (χ4v) is 2.54. The van der Waals surface area contributed by atoms with Gasteiger partial charge in [-0.25, -0.2) is 0 Å². The van der Waals surface area contributed by atoms with Crippen LogP contribution in [0.4, 0.5) is 0 Å². The Kier molecular flexibility index (Phi) is 6.94. The normalized spacial score (nSPS) is 12.3. The number of rotatable bonds is 6. The fraction of sp³-hybridized carbons (Fsp3) is 0.538. The maximum Gasteiger partial charge on any atom is 0.0900 e. The van der Waals surface area contributed by atoms with Crippen molar-refractivity contribution in [2.24, 2.45) is 5.73 Å². The van der Waals surface area contributed by atoms with Crippen molar-refractivity contribution in [1.29, 1.82) is 0 Å². The summed E-state index contributed by atoms with van der Waals surface area (Å²) in [6.45, 7) is 2.08. The lowest BCUT2D eigenvalue weighted by Crippen LogP contribution is -2.31. The highest BCUT2D eigenvalue weighted by atomic mass is 32.1. The van der Waals surface area contributed by atoms with E-state index >= 15 is 0 Å². The van der Waals surface area contributed by atoms with Gasteiger partial charge in [-0.2, -0.15) is 0 Å². The summed E-state index contributed by atoms with van der Waals surface area (Å²) in [5, 5.41) is 11.7. The molecule has 0 radical (unpaired) electrons. The molecule has 0 aliphatic heterocycles. The lowest BCUT2D eigenvalue weighted by atomic mass is 10.2. The van der Waals surface area contributed by atoms with Crippen molar-refractivity contribution in [2.45, 2.75) is 12.6 Å². The van der Waals surface area contributed by atoms with Crippen LogP contribution in [0.2, 0.25) is 0 Å². The molecular weight excluding hydrogens is 248 g/mol. The summed E-state index contributed by atoms with van der Waals surface area (Å²) in [7, 11) is 3.56. The summed E-state index contributed by atoms with van der Waals surface area (Å²) in [5.74, 6) is 5.92. The highest BCUT2D eigenvalue weighted by Gasteiger charge is 2.10. The summed E-state index contributed by atoms with van der Waals surface area (Å²) in [6, 6.07) is 2.00. The first-order chi connectivity index (χ1) is 8.67. The summed E-state index contributed by atoms with van der Waals surface area (Å²) in [6.07, 6.45) is -0.460. The van der Waals surface area contributed by atoms with E-state index in [-0.39, 0.29) is 0 Å². The Morgan fingerprint density at radius 3 is 3.06 bits per heavy atom. The number of aliphatic hydroxyl groups is 1. The van der Waals surface area contributed by atoms with Crippen LogP contribution in [-0.4, -0.2) is 50.0 Å². The Morgan fingerprint density at radius 2 is 2.39 bits per heavy atom. The van der Waals surface area contributed by atoms with Gasteiger partial charge in [0.2, 0.25) is 0 Å². The highest BCUT2D eigenvalue weighted by molar-refractivity contribution is 7.10. The molecular formula is C13H20N2O2S. The minimum Gasteiger partial charge on any atom is -0.389 e. The molecule has 0 saturated carbocycles. The van der Waals surface area contributed by atoms with Crippen LogP contribution in [0, 0.1) is 11.8 Å². The largest absolute Gasteiger partial charge is 0.389 e. The Hall–Kier alpha value is -0.900. The number of methoxy groups -OCH3 is 1. The molecule has 1 rings (SSSR count). The number of nitrogens with two attached hydrogens (primary N) is 1. The van der Waals surface area contributed by atoms with Crippen LogP contribution < -0.4 is 5.73 Å². The number of nitrogens with zero attached hydrogens (tertiary/aromatic N) is 1. The van der Waals surface area contributed by atoms with Gasteiger partial charge >= 0.3 is 0 Å². The average molecular weight is 268 g/mol. The van der Waals surface area contributed by atoms with Crippen LogP contribution in [-0.2, 0) is 11.3 Å². The molecule has 0 bridgehead atoms. The number of likely N-dealkylation sites (N-methyl/N-ethyl adjacent to an activating group) is 1. The second-order valence-corrected chi connectivity index (χ2v) is 5.07. The van der Waals surface area contributed by atoms with E-state index < -0.39 is 6.10 Å². The smallest absolute Gasteiger partial charge is 0.0900 e. The van der Waals surface area contributed by atoms with Crippen LogP contribution in [0.15, 0.2) is 11.4 Å². The van der Waals surface area contributed by atoms with Crippen LogP contribution in [0.1, 0.15) is 10.4 Å². The van der Waals surface area contributed by atoms with E-state index in [0.29, 0.717) is 19.7 Å². The molecule has 0 aliphatic rings. The van der Waals surface area contributed by atoms with Gasteiger partial charge in [-0.05, 0) is 18.5 Å². The van der Waals surface area contributed by atoms with Gasteiger partial charge in [0.05, 0.1) is 19.3 Å². The molecule has 4 nitrogen and oxygen atoms in total. The number of hydrogen-bond acceptors (Lipinski definition) is 5. The van der Waals surface area contributed by atoms with Crippen molar-refractivity contribution in [1.82, 2.24) is 4.90 Å². The Labute approximate surface area is 112 Å². The molecule has 1 atom stereocenters. The van der Waals surface area contributed by atoms with E-state index in [1.165, 1.54) is 4.88 Å². The highest BCUT2D eigenvalue weighted by Crippen LogP contribution is 2.17. The van der Waals surface area contributed by atoms with Gasteiger partial charge in [-0.1, -0.05) is 11.8 Å². The summed E-state index contributed by atoms with van der Waals surface area (Å²) < 4.78 is 4.91. The van der Waals surface area contributed by atoms with Crippen molar-refractivity contribution < 1.29 is 9.84 Å². The van der Waals surface area contributed by atoms with Crippen molar-refractivity contribution in [3.05, 3.63) is 21.9 Å². The molecule has 100 valence electrons. The van der Waals surface area contributed by atoms with E-state index in [2.05, 4.69) is 16.7 Å². The zero-order chi connectivity index (χ0) is 13.4. The van der Waals surface area contributed by atoms with Gasteiger partial charge in [-0.15, -0.1) is 11.3 Å². The minimum atomic E-state index is -0.460. The molecule has 0 fully saturated rings. The second kappa shape index (κ2) is 8.25. The molecule has 0 spiro atoms. The van der Waals surface area contributed by atoms with Crippen LogP contribution >= 0.6 is 11.3 Å². The van der Waals surface area contributed by atoms with Crippen molar-refractivity contribution in [3.63, 3.8) is 0 Å². The molecule has 1 aromatic rings. The zero-order valence-electron chi connectivity index (χ0n) is 10.8. The average Bonchev–Trinajstić information content (AvgIpc) is 2.73. The lowest BCUT2D eigenvalue weighted by Gasteiger charge is -2.19. The van der Waals surface area contributed by atoms with Gasteiger partial charge < -0.3 is 15.6 Å².